The molecular formula is C18H18N4O2S. The fourth-order valence-electron chi connectivity index (χ4n) is 3.15. The summed E-state index contributed by atoms with van der Waals surface area (Å²) in [7, 11) is 1.53. The van der Waals surface area contributed by atoms with Crippen LogP contribution in [0, 0.1) is 0 Å². The van der Waals surface area contributed by atoms with Gasteiger partial charge in [-0.3, -0.25) is 0 Å². The maximum absolute atomic E-state index is 9.65. The first-order valence-corrected chi connectivity index (χ1v) is 9.06. The number of phenolic OH excluding ortho intramolecular Hbond substituents is 1. The first kappa shape index (κ1) is 16.0. The normalized spacial score (nSPS) is 14.1. The van der Waals surface area contributed by atoms with Gasteiger partial charge in [-0.05, 0) is 48.9 Å². The molecular weight excluding hydrogens is 336 g/mol. The van der Waals surface area contributed by atoms with Crippen molar-refractivity contribution in [2.24, 2.45) is 10.2 Å². The molecule has 1 aliphatic rings. The van der Waals surface area contributed by atoms with E-state index in [4.69, 9.17) is 4.74 Å². The van der Waals surface area contributed by atoms with Gasteiger partial charge in [0, 0.05) is 4.88 Å². The molecule has 2 aromatic heterocycles. The van der Waals surface area contributed by atoms with Crippen molar-refractivity contribution in [1.29, 1.82) is 0 Å². The lowest BCUT2D eigenvalue weighted by Gasteiger charge is -2.10. The van der Waals surface area contributed by atoms with E-state index >= 15 is 0 Å². The van der Waals surface area contributed by atoms with Gasteiger partial charge in [0.2, 0.25) is 0 Å². The molecule has 0 amide bonds. The Hall–Kier alpha value is -2.54. The zero-order valence-corrected chi connectivity index (χ0v) is 14.7. The van der Waals surface area contributed by atoms with E-state index in [-0.39, 0.29) is 5.75 Å². The molecule has 0 fully saturated rings. The molecule has 1 aliphatic carbocycles. The zero-order valence-electron chi connectivity index (χ0n) is 13.9. The van der Waals surface area contributed by atoms with Crippen molar-refractivity contribution in [3.8, 4) is 11.5 Å². The Morgan fingerprint density at radius 3 is 3.00 bits per heavy atom. The maximum Gasteiger partial charge on any atom is 0.186 e. The quantitative estimate of drug-likeness (QED) is 0.696. The first-order valence-electron chi connectivity index (χ1n) is 8.25. The van der Waals surface area contributed by atoms with Crippen molar-refractivity contribution in [2.75, 3.05) is 7.11 Å². The van der Waals surface area contributed by atoms with Crippen molar-refractivity contribution in [3.05, 3.63) is 40.5 Å². The number of phenols is 1. The van der Waals surface area contributed by atoms with E-state index in [0.717, 1.165) is 28.6 Å². The van der Waals surface area contributed by atoms with Crippen LogP contribution in [-0.4, -0.2) is 22.2 Å². The van der Waals surface area contributed by atoms with E-state index in [9.17, 15) is 5.11 Å². The van der Waals surface area contributed by atoms with Crippen LogP contribution >= 0.6 is 11.3 Å². The molecule has 128 valence electrons. The van der Waals surface area contributed by atoms with Gasteiger partial charge in [-0.1, -0.05) is 6.07 Å². The summed E-state index contributed by atoms with van der Waals surface area (Å²) in [5.74, 6) is 1.20. The van der Waals surface area contributed by atoms with E-state index in [1.54, 1.807) is 35.9 Å². The molecule has 0 saturated heterocycles. The predicted octanol–water partition coefficient (Wildman–Crippen LogP) is 4.57. The van der Waals surface area contributed by atoms with Crippen LogP contribution in [0.5, 0.6) is 11.5 Å². The maximum atomic E-state index is 9.65. The average Bonchev–Trinajstić information content (AvgIpc) is 3.02. The van der Waals surface area contributed by atoms with Gasteiger partial charge in [-0.25, -0.2) is 9.97 Å². The molecule has 2 heterocycles. The van der Waals surface area contributed by atoms with E-state index in [2.05, 4.69) is 20.2 Å². The molecule has 7 heteroatoms. The molecule has 0 aliphatic heterocycles. The monoisotopic (exact) mass is 354 g/mol. The van der Waals surface area contributed by atoms with Gasteiger partial charge >= 0.3 is 0 Å². The van der Waals surface area contributed by atoms with Gasteiger partial charge in [0.1, 0.15) is 11.2 Å². The molecule has 4 rings (SSSR count). The zero-order chi connectivity index (χ0) is 17.2. The molecule has 1 aromatic carbocycles. The molecule has 0 saturated carbocycles. The minimum atomic E-state index is 0.116. The van der Waals surface area contributed by atoms with Crippen LogP contribution < -0.4 is 4.74 Å². The Morgan fingerprint density at radius 1 is 1.24 bits per heavy atom. The molecule has 0 radical (unpaired) electrons. The minimum absolute atomic E-state index is 0.116. The number of azo groups is 1. The lowest BCUT2D eigenvalue weighted by atomic mass is 9.97. The lowest BCUT2D eigenvalue weighted by Crippen LogP contribution is -1.98. The number of fused-ring (bicyclic) bond motifs is 3. The molecule has 1 N–H and O–H groups in total. The fourth-order valence-corrected chi connectivity index (χ4v) is 4.38. The SMILES string of the molecule is COc1cc(CN=Nc2ncnc3sc4c(c23)CCCC4)ccc1O. The number of aromatic hydroxyl groups is 1. The lowest BCUT2D eigenvalue weighted by molar-refractivity contribution is 0.373. The Bertz CT molecular complexity index is 952. The summed E-state index contributed by atoms with van der Waals surface area (Å²) in [6.07, 6.45) is 6.20. The Morgan fingerprint density at radius 2 is 2.12 bits per heavy atom. The highest BCUT2D eigenvalue weighted by molar-refractivity contribution is 7.18. The van der Waals surface area contributed by atoms with Crippen LogP contribution in [0.3, 0.4) is 0 Å². The predicted molar refractivity (Wildman–Crippen MR) is 96.9 cm³/mol. The van der Waals surface area contributed by atoms with E-state index in [0.29, 0.717) is 18.1 Å². The second-order valence-electron chi connectivity index (χ2n) is 5.99. The van der Waals surface area contributed by atoms with Gasteiger partial charge in [0.15, 0.2) is 17.3 Å². The van der Waals surface area contributed by atoms with Crippen LogP contribution in [-0.2, 0) is 19.4 Å². The van der Waals surface area contributed by atoms with Crippen LogP contribution in [0.1, 0.15) is 28.8 Å². The highest BCUT2D eigenvalue weighted by Gasteiger charge is 2.19. The summed E-state index contributed by atoms with van der Waals surface area (Å²) in [4.78, 5) is 11.2. The summed E-state index contributed by atoms with van der Waals surface area (Å²) in [6.45, 7) is 0.397. The van der Waals surface area contributed by atoms with Gasteiger partial charge in [0.25, 0.3) is 0 Å². The molecule has 0 atom stereocenters. The summed E-state index contributed by atoms with van der Waals surface area (Å²) in [5.41, 5.74) is 2.27. The van der Waals surface area contributed by atoms with Crippen LogP contribution in [0.2, 0.25) is 0 Å². The van der Waals surface area contributed by atoms with Crippen LogP contribution in [0.4, 0.5) is 5.82 Å². The minimum Gasteiger partial charge on any atom is -0.504 e. The molecule has 0 bridgehead atoms. The fraction of sp³-hybridized carbons (Fsp3) is 0.333. The number of ether oxygens (including phenoxy) is 1. The number of thiophene rings is 1. The Balaban J connectivity index is 1.62. The van der Waals surface area contributed by atoms with Crippen molar-refractivity contribution < 1.29 is 9.84 Å². The van der Waals surface area contributed by atoms with Gasteiger partial charge in [0.05, 0.1) is 19.0 Å². The van der Waals surface area contributed by atoms with Crippen molar-refractivity contribution in [1.82, 2.24) is 9.97 Å². The molecule has 25 heavy (non-hydrogen) atoms. The van der Waals surface area contributed by atoms with Gasteiger partial charge in [-0.2, -0.15) is 5.11 Å². The summed E-state index contributed by atoms with van der Waals surface area (Å²) in [6, 6.07) is 5.16. The largest absolute Gasteiger partial charge is 0.504 e. The Labute approximate surface area is 149 Å². The summed E-state index contributed by atoms with van der Waals surface area (Å²) in [5, 5.41) is 19.4. The third-order valence-corrected chi connectivity index (χ3v) is 5.59. The number of rotatable bonds is 4. The highest BCUT2D eigenvalue weighted by atomic mass is 32.1. The number of hydrogen-bond donors (Lipinski definition) is 1. The van der Waals surface area contributed by atoms with Gasteiger partial charge in [-0.15, -0.1) is 16.5 Å². The topological polar surface area (TPSA) is 80.0 Å². The summed E-state index contributed by atoms with van der Waals surface area (Å²) < 4.78 is 5.12. The Kier molecular flexibility index (Phi) is 4.31. The number of nitrogens with zero attached hydrogens (tertiary/aromatic N) is 4. The van der Waals surface area contributed by atoms with Crippen molar-refractivity contribution in [2.45, 2.75) is 32.2 Å². The molecule has 0 unspecified atom stereocenters. The molecule has 0 spiro atoms. The standard InChI is InChI=1S/C18H18N4O2S/c1-24-14-8-11(6-7-13(14)23)9-21-22-17-16-12-4-2-3-5-15(12)25-18(16)20-10-19-17/h6-8,10,23H,2-5,9H2,1H3. The first-order chi connectivity index (χ1) is 12.3. The van der Waals surface area contributed by atoms with Crippen molar-refractivity contribution >= 4 is 27.4 Å². The third-order valence-electron chi connectivity index (χ3n) is 4.39. The van der Waals surface area contributed by atoms with Crippen LogP contribution in [0.25, 0.3) is 10.2 Å². The van der Waals surface area contributed by atoms with E-state index < -0.39 is 0 Å². The number of methoxy groups -OCH3 is 1. The number of aryl methyl sites for hydroxylation is 2. The third kappa shape index (κ3) is 3.07. The smallest absolute Gasteiger partial charge is 0.186 e. The summed E-state index contributed by atoms with van der Waals surface area (Å²) >= 11 is 1.75. The number of hydrogen-bond acceptors (Lipinski definition) is 7. The molecule has 3 aromatic rings. The number of aromatic nitrogens is 2. The van der Waals surface area contributed by atoms with Crippen molar-refractivity contribution in [3.63, 3.8) is 0 Å². The average molecular weight is 354 g/mol. The van der Waals surface area contributed by atoms with Crippen LogP contribution in [0.15, 0.2) is 34.8 Å². The van der Waals surface area contributed by atoms with Gasteiger partial charge < -0.3 is 9.84 Å². The number of benzene rings is 1. The highest BCUT2D eigenvalue weighted by Crippen LogP contribution is 2.39. The van der Waals surface area contributed by atoms with E-state index in [1.807, 2.05) is 0 Å². The molecule has 6 nitrogen and oxygen atoms in total. The van der Waals surface area contributed by atoms with E-state index in [1.165, 1.54) is 30.4 Å². The second-order valence-corrected chi connectivity index (χ2v) is 7.08. The second kappa shape index (κ2) is 6.76.